The van der Waals surface area contributed by atoms with E-state index in [1.807, 2.05) is 10.5 Å². The molecule has 2 aromatic heterocycles. The third-order valence-corrected chi connectivity index (χ3v) is 4.10. The maximum absolute atomic E-state index is 5.49. The Kier molecular flexibility index (Phi) is 3.51. The zero-order chi connectivity index (χ0) is 14.1. The van der Waals surface area contributed by atoms with Gasteiger partial charge in [-0.1, -0.05) is 19.8 Å². The van der Waals surface area contributed by atoms with Crippen molar-refractivity contribution in [1.82, 2.24) is 14.4 Å². The first-order valence-corrected chi connectivity index (χ1v) is 7.26. The molecule has 0 aromatic carbocycles. The molecule has 0 N–H and O–H groups in total. The van der Waals surface area contributed by atoms with Gasteiger partial charge in [0.25, 0.3) is 0 Å². The average molecular weight is 275 g/mol. The Morgan fingerprint density at radius 2 is 2.15 bits per heavy atom. The molecule has 20 heavy (non-hydrogen) atoms. The lowest BCUT2D eigenvalue weighted by atomic mass is 9.87. The van der Waals surface area contributed by atoms with Gasteiger partial charge in [0.2, 0.25) is 17.5 Å². The summed E-state index contributed by atoms with van der Waals surface area (Å²) in [5.41, 5.74) is 2.42. The van der Waals surface area contributed by atoms with Crippen LogP contribution in [-0.2, 0) is 12.8 Å². The molecule has 0 radical (unpaired) electrons. The lowest BCUT2D eigenvalue weighted by Gasteiger charge is -2.21. The molecule has 1 aliphatic rings. The molecule has 5 nitrogen and oxygen atoms in total. The molecule has 1 unspecified atom stereocenters. The number of imidazole rings is 1. The summed E-state index contributed by atoms with van der Waals surface area (Å²) in [7, 11) is 3.28. The van der Waals surface area contributed by atoms with Crippen LogP contribution in [0.4, 0.5) is 0 Å². The molecule has 0 spiro atoms. The fourth-order valence-corrected chi connectivity index (χ4v) is 3.13. The van der Waals surface area contributed by atoms with Gasteiger partial charge in [0.15, 0.2) is 0 Å². The molecular weight excluding hydrogens is 254 g/mol. The summed E-state index contributed by atoms with van der Waals surface area (Å²) >= 11 is 0. The van der Waals surface area contributed by atoms with Crippen molar-refractivity contribution in [2.45, 2.75) is 39.0 Å². The van der Waals surface area contributed by atoms with Crippen molar-refractivity contribution in [1.29, 1.82) is 0 Å². The lowest BCUT2D eigenvalue weighted by molar-refractivity contribution is 0.364. The topological polar surface area (TPSA) is 48.7 Å². The van der Waals surface area contributed by atoms with Gasteiger partial charge in [0, 0.05) is 0 Å². The molecule has 5 heteroatoms. The second-order valence-electron chi connectivity index (χ2n) is 5.38. The summed E-state index contributed by atoms with van der Waals surface area (Å²) in [6.07, 6.45) is 5.84. The largest absolute Gasteiger partial charge is 0.482 e. The predicted molar refractivity (Wildman–Crippen MR) is 76.5 cm³/mol. The molecule has 2 heterocycles. The SMILES string of the molecule is CCCC1CCc2nc3nc(OC)cc(OC)n3c2C1. The van der Waals surface area contributed by atoms with Crippen molar-refractivity contribution < 1.29 is 9.47 Å². The van der Waals surface area contributed by atoms with Crippen LogP contribution in [0.3, 0.4) is 0 Å². The van der Waals surface area contributed by atoms with Gasteiger partial charge in [-0.3, -0.25) is 4.40 Å². The van der Waals surface area contributed by atoms with E-state index in [9.17, 15) is 0 Å². The second kappa shape index (κ2) is 5.31. The van der Waals surface area contributed by atoms with Crippen molar-refractivity contribution in [2.75, 3.05) is 14.2 Å². The van der Waals surface area contributed by atoms with Crippen LogP contribution >= 0.6 is 0 Å². The van der Waals surface area contributed by atoms with Crippen LogP contribution in [0.5, 0.6) is 11.8 Å². The number of hydrogen-bond donors (Lipinski definition) is 0. The van der Waals surface area contributed by atoms with Crippen LogP contribution < -0.4 is 9.47 Å². The number of hydrogen-bond acceptors (Lipinski definition) is 4. The van der Waals surface area contributed by atoms with E-state index in [1.165, 1.54) is 25.0 Å². The standard InChI is InChI=1S/C15H21N3O2/c1-4-5-10-6-7-11-12(8-10)18-14(20-3)9-13(19-2)17-15(18)16-11/h9-10H,4-8H2,1-3H3. The summed E-state index contributed by atoms with van der Waals surface area (Å²) in [5.74, 6) is 2.72. The molecule has 0 saturated heterocycles. The Labute approximate surface area is 118 Å². The van der Waals surface area contributed by atoms with Crippen LogP contribution in [-0.4, -0.2) is 28.6 Å². The Hall–Kier alpha value is -1.78. The molecule has 1 atom stereocenters. The van der Waals surface area contributed by atoms with Crippen LogP contribution in [0, 0.1) is 5.92 Å². The molecule has 3 rings (SSSR count). The highest BCUT2D eigenvalue weighted by atomic mass is 16.5. The van der Waals surface area contributed by atoms with E-state index in [0.29, 0.717) is 11.7 Å². The zero-order valence-electron chi connectivity index (χ0n) is 12.3. The quantitative estimate of drug-likeness (QED) is 0.860. The molecule has 108 valence electrons. The Bertz CT molecular complexity index is 621. The first-order valence-electron chi connectivity index (χ1n) is 7.26. The normalized spacial score (nSPS) is 18.1. The number of fused-ring (bicyclic) bond motifs is 3. The third kappa shape index (κ3) is 2.11. The minimum atomic E-state index is 0.543. The average Bonchev–Trinajstić information content (AvgIpc) is 2.84. The predicted octanol–water partition coefficient (Wildman–Crippen LogP) is 2.65. The van der Waals surface area contributed by atoms with Crippen molar-refractivity contribution in [3.8, 4) is 11.8 Å². The number of rotatable bonds is 4. The van der Waals surface area contributed by atoms with Gasteiger partial charge in [0.05, 0.1) is 31.7 Å². The molecule has 2 aromatic rings. The summed E-state index contributed by atoms with van der Waals surface area (Å²) in [5, 5.41) is 0. The number of aromatic nitrogens is 3. The van der Waals surface area contributed by atoms with Crippen LogP contribution in [0.2, 0.25) is 0 Å². The van der Waals surface area contributed by atoms with Gasteiger partial charge in [-0.05, 0) is 25.2 Å². The Morgan fingerprint density at radius 3 is 2.85 bits per heavy atom. The van der Waals surface area contributed by atoms with Gasteiger partial charge >= 0.3 is 0 Å². The highest BCUT2D eigenvalue weighted by molar-refractivity contribution is 5.44. The Balaban J connectivity index is 2.10. The smallest absolute Gasteiger partial charge is 0.240 e. The van der Waals surface area contributed by atoms with Crippen molar-refractivity contribution in [3.63, 3.8) is 0 Å². The summed E-state index contributed by atoms with van der Waals surface area (Å²) in [6, 6.07) is 1.82. The second-order valence-corrected chi connectivity index (χ2v) is 5.38. The summed E-state index contributed by atoms with van der Waals surface area (Å²) < 4.78 is 12.7. The van der Waals surface area contributed by atoms with Gasteiger partial charge in [-0.25, -0.2) is 4.98 Å². The lowest BCUT2D eigenvalue weighted by Crippen LogP contribution is -2.15. The van der Waals surface area contributed by atoms with Gasteiger partial charge in [-0.2, -0.15) is 4.98 Å². The zero-order valence-corrected chi connectivity index (χ0v) is 12.3. The van der Waals surface area contributed by atoms with Gasteiger partial charge in [-0.15, -0.1) is 0 Å². The van der Waals surface area contributed by atoms with E-state index in [4.69, 9.17) is 9.47 Å². The highest BCUT2D eigenvalue weighted by Gasteiger charge is 2.25. The molecule has 0 amide bonds. The number of nitrogens with zero attached hydrogens (tertiary/aromatic N) is 3. The maximum Gasteiger partial charge on any atom is 0.240 e. The molecule has 0 saturated carbocycles. The van der Waals surface area contributed by atoms with Crippen molar-refractivity contribution in [3.05, 3.63) is 17.5 Å². The monoisotopic (exact) mass is 275 g/mol. The van der Waals surface area contributed by atoms with E-state index < -0.39 is 0 Å². The minimum absolute atomic E-state index is 0.543. The molecule has 0 bridgehead atoms. The van der Waals surface area contributed by atoms with Crippen LogP contribution in [0.1, 0.15) is 37.6 Å². The number of methoxy groups -OCH3 is 2. The molecule has 0 aliphatic heterocycles. The summed E-state index contributed by atoms with van der Waals surface area (Å²) in [4.78, 5) is 9.08. The molecular formula is C15H21N3O2. The van der Waals surface area contributed by atoms with Crippen molar-refractivity contribution in [2.24, 2.45) is 5.92 Å². The number of aryl methyl sites for hydroxylation is 1. The van der Waals surface area contributed by atoms with E-state index >= 15 is 0 Å². The van der Waals surface area contributed by atoms with Gasteiger partial charge < -0.3 is 9.47 Å². The van der Waals surface area contributed by atoms with Crippen LogP contribution in [0.15, 0.2) is 6.07 Å². The third-order valence-electron chi connectivity index (χ3n) is 4.10. The van der Waals surface area contributed by atoms with Crippen LogP contribution in [0.25, 0.3) is 5.78 Å². The highest BCUT2D eigenvalue weighted by Crippen LogP contribution is 2.31. The molecule has 0 fully saturated rings. The minimum Gasteiger partial charge on any atom is -0.482 e. The van der Waals surface area contributed by atoms with E-state index in [1.54, 1.807) is 14.2 Å². The fraction of sp³-hybridized carbons (Fsp3) is 0.600. The maximum atomic E-state index is 5.49. The van der Waals surface area contributed by atoms with Crippen molar-refractivity contribution >= 4 is 5.78 Å². The fourth-order valence-electron chi connectivity index (χ4n) is 3.13. The van der Waals surface area contributed by atoms with E-state index in [-0.39, 0.29) is 0 Å². The molecule has 1 aliphatic carbocycles. The van der Waals surface area contributed by atoms with Gasteiger partial charge in [0.1, 0.15) is 0 Å². The first kappa shape index (κ1) is 13.2. The first-order chi connectivity index (χ1) is 9.76. The van der Waals surface area contributed by atoms with E-state index in [0.717, 1.165) is 30.3 Å². The summed E-state index contributed by atoms with van der Waals surface area (Å²) in [6.45, 7) is 2.25. The number of ether oxygens (including phenoxy) is 2. The Morgan fingerprint density at radius 1 is 1.30 bits per heavy atom. The van der Waals surface area contributed by atoms with E-state index in [2.05, 4.69) is 16.9 Å².